The number of piperazine rings is 3. The van der Waals surface area contributed by atoms with Crippen LogP contribution in [0, 0.1) is 0 Å². The van der Waals surface area contributed by atoms with Crippen LogP contribution in [0.4, 0.5) is 0 Å². The van der Waals surface area contributed by atoms with Crippen molar-refractivity contribution in [2.75, 3.05) is 32.7 Å². The summed E-state index contributed by atoms with van der Waals surface area (Å²) in [5.74, 6) is 0. The van der Waals surface area contributed by atoms with Crippen molar-refractivity contribution in [2.24, 2.45) is 5.73 Å². The standard InChI is InChI=1S/C18H29N3/c1-18(2,3)15-6-4-14(5-7-15)12-16(19)17-13-20-8-10-21(17)11-9-20/h4-7,16-17H,8-13,19H2,1-3H3. The zero-order valence-electron chi connectivity index (χ0n) is 13.7. The van der Waals surface area contributed by atoms with Gasteiger partial charge < -0.3 is 5.73 Å². The Hall–Kier alpha value is -0.900. The predicted molar refractivity (Wildman–Crippen MR) is 88.6 cm³/mol. The highest BCUT2D eigenvalue weighted by molar-refractivity contribution is 5.28. The smallest absolute Gasteiger partial charge is 0.0378 e. The third-order valence-electron chi connectivity index (χ3n) is 5.11. The summed E-state index contributed by atoms with van der Waals surface area (Å²) in [4.78, 5) is 5.15. The fourth-order valence-electron chi connectivity index (χ4n) is 3.61. The molecule has 1 aromatic carbocycles. The molecule has 1 aromatic rings. The van der Waals surface area contributed by atoms with Gasteiger partial charge in [-0.15, -0.1) is 0 Å². The average molecular weight is 287 g/mol. The lowest BCUT2D eigenvalue weighted by atomic mass is 9.86. The van der Waals surface area contributed by atoms with Crippen LogP contribution in [0.2, 0.25) is 0 Å². The van der Waals surface area contributed by atoms with Gasteiger partial charge in [0.05, 0.1) is 0 Å². The highest BCUT2D eigenvalue weighted by Gasteiger charge is 2.35. The van der Waals surface area contributed by atoms with E-state index in [4.69, 9.17) is 5.73 Å². The van der Waals surface area contributed by atoms with Crippen molar-refractivity contribution >= 4 is 0 Å². The van der Waals surface area contributed by atoms with Gasteiger partial charge in [-0.2, -0.15) is 0 Å². The number of benzene rings is 1. The van der Waals surface area contributed by atoms with E-state index in [2.05, 4.69) is 54.8 Å². The van der Waals surface area contributed by atoms with E-state index in [1.54, 1.807) is 0 Å². The number of hydrogen-bond acceptors (Lipinski definition) is 3. The Labute approximate surface area is 129 Å². The van der Waals surface area contributed by atoms with E-state index in [1.165, 1.54) is 37.3 Å². The Kier molecular flexibility index (Phi) is 4.08. The highest BCUT2D eigenvalue weighted by Crippen LogP contribution is 2.23. The van der Waals surface area contributed by atoms with Crippen molar-refractivity contribution in [1.29, 1.82) is 0 Å². The minimum atomic E-state index is 0.224. The van der Waals surface area contributed by atoms with Gasteiger partial charge in [0.15, 0.2) is 0 Å². The zero-order chi connectivity index (χ0) is 15.0. The lowest BCUT2D eigenvalue weighted by molar-refractivity contribution is 0.00258. The molecule has 2 N–H and O–H groups in total. The molecule has 21 heavy (non-hydrogen) atoms. The molecule has 3 saturated heterocycles. The van der Waals surface area contributed by atoms with Crippen LogP contribution in [0.25, 0.3) is 0 Å². The molecule has 0 amide bonds. The van der Waals surface area contributed by atoms with Gasteiger partial charge in [0, 0.05) is 44.8 Å². The van der Waals surface area contributed by atoms with E-state index < -0.39 is 0 Å². The lowest BCUT2D eigenvalue weighted by Gasteiger charge is -2.49. The third-order valence-corrected chi connectivity index (χ3v) is 5.11. The average Bonchev–Trinajstić information content (AvgIpc) is 2.48. The molecule has 2 atom stereocenters. The first kappa shape index (κ1) is 15.0. The predicted octanol–water partition coefficient (Wildman–Crippen LogP) is 1.85. The summed E-state index contributed by atoms with van der Waals surface area (Å²) >= 11 is 0. The molecular weight excluding hydrogens is 258 g/mol. The van der Waals surface area contributed by atoms with Gasteiger partial charge in [0.1, 0.15) is 0 Å². The van der Waals surface area contributed by atoms with Gasteiger partial charge in [-0.05, 0) is 23.0 Å². The van der Waals surface area contributed by atoms with Gasteiger partial charge in [-0.1, -0.05) is 45.0 Å². The van der Waals surface area contributed by atoms with Crippen LogP contribution >= 0.6 is 0 Å². The molecule has 3 heterocycles. The minimum absolute atomic E-state index is 0.224. The molecule has 116 valence electrons. The van der Waals surface area contributed by atoms with Crippen molar-refractivity contribution in [1.82, 2.24) is 9.80 Å². The molecular formula is C18H29N3. The van der Waals surface area contributed by atoms with Crippen molar-refractivity contribution < 1.29 is 0 Å². The van der Waals surface area contributed by atoms with Crippen LogP contribution in [-0.2, 0) is 11.8 Å². The maximum atomic E-state index is 6.52. The Morgan fingerprint density at radius 1 is 1.10 bits per heavy atom. The molecule has 0 aliphatic carbocycles. The Balaban J connectivity index is 1.63. The SMILES string of the molecule is CC(C)(C)c1ccc(CC(N)C2CN3CCN2CC3)cc1. The minimum Gasteiger partial charge on any atom is -0.326 e. The first-order chi connectivity index (χ1) is 9.93. The second kappa shape index (κ2) is 5.71. The van der Waals surface area contributed by atoms with Crippen LogP contribution in [0.15, 0.2) is 24.3 Å². The molecule has 3 aliphatic heterocycles. The van der Waals surface area contributed by atoms with E-state index in [1.807, 2.05) is 0 Å². The van der Waals surface area contributed by atoms with Gasteiger partial charge >= 0.3 is 0 Å². The van der Waals surface area contributed by atoms with Crippen molar-refractivity contribution in [3.05, 3.63) is 35.4 Å². The van der Waals surface area contributed by atoms with E-state index in [0.29, 0.717) is 6.04 Å². The lowest BCUT2D eigenvalue weighted by Crippen LogP contribution is -2.66. The van der Waals surface area contributed by atoms with Crippen molar-refractivity contribution in [2.45, 2.75) is 44.7 Å². The molecule has 2 bridgehead atoms. The third kappa shape index (κ3) is 3.31. The molecule has 3 aliphatic rings. The fraction of sp³-hybridized carbons (Fsp3) is 0.667. The van der Waals surface area contributed by atoms with Crippen LogP contribution in [0.3, 0.4) is 0 Å². The molecule has 3 nitrogen and oxygen atoms in total. The highest BCUT2D eigenvalue weighted by atomic mass is 15.3. The summed E-state index contributed by atoms with van der Waals surface area (Å²) < 4.78 is 0. The van der Waals surface area contributed by atoms with E-state index in [0.717, 1.165) is 13.0 Å². The summed E-state index contributed by atoms with van der Waals surface area (Å²) in [5.41, 5.74) is 9.51. The maximum Gasteiger partial charge on any atom is 0.0378 e. The molecule has 0 aromatic heterocycles. The second-order valence-corrected chi connectivity index (χ2v) is 7.72. The fourth-order valence-corrected chi connectivity index (χ4v) is 3.61. The maximum absolute atomic E-state index is 6.52. The first-order valence-corrected chi connectivity index (χ1v) is 8.25. The Morgan fingerprint density at radius 2 is 1.71 bits per heavy atom. The molecule has 0 radical (unpaired) electrons. The van der Waals surface area contributed by atoms with Crippen LogP contribution in [0.5, 0.6) is 0 Å². The quantitative estimate of drug-likeness (QED) is 0.921. The Bertz CT molecular complexity index is 466. The van der Waals surface area contributed by atoms with Crippen molar-refractivity contribution in [3.8, 4) is 0 Å². The number of hydrogen-bond donors (Lipinski definition) is 1. The van der Waals surface area contributed by atoms with E-state index >= 15 is 0 Å². The molecule has 0 spiro atoms. The molecule has 3 heteroatoms. The van der Waals surface area contributed by atoms with Crippen LogP contribution in [0.1, 0.15) is 31.9 Å². The number of rotatable bonds is 3. The van der Waals surface area contributed by atoms with E-state index in [-0.39, 0.29) is 11.5 Å². The van der Waals surface area contributed by atoms with Crippen LogP contribution < -0.4 is 5.73 Å². The number of nitrogens with zero attached hydrogens (tertiary/aromatic N) is 2. The number of nitrogens with two attached hydrogens (primary N) is 1. The normalized spacial score (nSPS) is 30.4. The van der Waals surface area contributed by atoms with Crippen LogP contribution in [-0.4, -0.2) is 54.6 Å². The van der Waals surface area contributed by atoms with Gasteiger partial charge in [-0.3, -0.25) is 9.80 Å². The van der Waals surface area contributed by atoms with E-state index in [9.17, 15) is 0 Å². The molecule has 0 saturated carbocycles. The van der Waals surface area contributed by atoms with Gasteiger partial charge in [0.2, 0.25) is 0 Å². The van der Waals surface area contributed by atoms with Crippen molar-refractivity contribution in [3.63, 3.8) is 0 Å². The summed E-state index contributed by atoms with van der Waals surface area (Å²) in [6, 6.07) is 9.83. The first-order valence-electron chi connectivity index (χ1n) is 8.25. The second-order valence-electron chi connectivity index (χ2n) is 7.72. The zero-order valence-corrected chi connectivity index (χ0v) is 13.7. The molecule has 3 fully saturated rings. The summed E-state index contributed by atoms with van der Waals surface area (Å²) in [7, 11) is 0. The Morgan fingerprint density at radius 3 is 2.19 bits per heavy atom. The molecule has 2 unspecified atom stereocenters. The summed E-state index contributed by atoms with van der Waals surface area (Å²) in [6.07, 6.45) is 0.986. The van der Waals surface area contributed by atoms with Gasteiger partial charge in [-0.25, -0.2) is 0 Å². The largest absolute Gasteiger partial charge is 0.326 e. The summed E-state index contributed by atoms with van der Waals surface area (Å²) in [6.45, 7) is 12.8. The molecule has 4 rings (SSSR count). The summed E-state index contributed by atoms with van der Waals surface area (Å²) in [5, 5.41) is 0. The van der Waals surface area contributed by atoms with Gasteiger partial charge in [0.25, 0.3) is 0 Å². The topological polar surface area (TPSA) is 32.5 Å². The number of fused-ring (bicyclic) bond motifs is 3. The monoisotopic (exact) mass is 287 g/mol.